The van der Waals surface area contributed by atoms with E-state index in [2.05, 4.69) is 67.8 Å². The molecule has 0 aromatic carbocycles. The van der Waals surface area contributed by atoms with Crippen LogP contribution in [0.1, 0.15) is 232 Å². The number of amides is 1. The average molecular weight is 894 g/mol. The first kappa shape index (κ1) is 60.5. The van der Waals surface area contributed by atoms with Gasteiger partial charge in [-0.15, -0.1) is 0 Å². The fourth-order valence-corrected chi connectivity index (χ4v) is 8.24. The van der Waals surface area contributed by atoms with Crippen LogP contribution in [0.25, 0.3) is 0 Å². The maximum Gasteiger partial charge on any atom is 0.472 e. The summed E-state index contributed by atoms with van der Waals surface area (Å²) in [4.78, 5) is 23.2. The second kappa shape index (κ2) is 44.7. The van der Waals surface area contributed by atoms with E-state index in [-0.39, 0.29) is 19.1 Å². The largest absolute Gasteiger partial charge is 0.472 e. The lowest BCUT2D eigenvalue weighted by Gasteiger charge is -2.26. The van der Waals surface area contributed by atoms with E-state index in [4.69, 9.17) is 9.05 Å². The highest BCUT2D eigenvalue weighted by Gasteiger charge is 2.28. The number of nitrogens with one attached hydrogen (secondary N) is 1. The number of carbonyl (C=O) groups is 1. The molecule has 1 amide bonds. The quantitative estimate of drug-likeness (QED) is 0.0243. The van der Waals surface area contributed by atoms with Crippen molar-refractivity contribution in [3.63, 3.8) is 0 Å². The molecule has 364 valence electrons. The maximum atomic E-state index is 12.9. The van der Waals surface area contributed by atoms with Gasteiger partial charge in [-0.05, 0) is 51.4 Å². The number of nitrogens with zero attached hydrogens (tertiary/aromatic N) is 1. The number of rotatable bonds is 47. The number of carbonyl (C=O) groups excluding carboxylic acids is 1. The van der Waals surface area contributed by atoms with Crippen LogP contribution in [-0.2, 0) is 18.4 Å². The van der Waals surface area contributed by atoms with Gasteiger partial charge in [0, 0.05) is 6.42 Å². The Morgan fingerprint density at radius 2 is 0.968 bits per heavy atom. The smallest absolute Gasteiger partial charge is 0.391 e. The third-order valence-electron chi connectivity index (χ3n) is 11.6. The van der Waals surface area contributed by atoms with Crippen LogP contribution >= 0.6 is 7.82 Å². The van der Waals surface area contributed by atoms with E-state index >= 15 is 0 Å². The molecule has 3 unspecified atom stereocenters. The average Bonchev–Trinajstić information content (AvgIpc) is 3.23. The number of aliphatic hydroxyl groups excluding tert-OH is 1. The summed E-state index contributed by atoms with van der Waals surface area (Å²) in [7, 11) is 1.60. The van der Waals surface area contributed by atoms with Crippen molar-refractivity contribution in [3.05, 3.63) is 48.6 Å². The molecule has 0 fully saturated rings. The SMILES string of the molecule is CC/C=C\C/C=C\C/C=C\C/C=C\CCCCCCC(=O)NC(COP(=O)(O)OCC[N+](C)(C)C)C(O)CCCCCCCCCCCCCCCCCCCCCCCCC. The van der Waals surface area contributed by atoms with Crippen molar-refractivity contribution in [1.29, 1.82) is 0 Å². The lowest BCUT2D eigenvalue weighted by molar-refractivity contribution is -0.870. The van der Waals surface area contributed by atoms with Crippen LogP contribution in [0.4, 0.5) is 0 Å². The number of allylic oxidation sites excluding steroid dienone is 8. The number of hydrogen-bond acceptors (Lipinski definition) is 5. The van der Waals surface area contributed by atoms with Crippen LogP contribution in [0.3, 0.4) is 0 Å². The van der Waals surface area contributed by atoms with Crippen molar-refractivity contribution in [2.24, 2.45) is 0 Å². The van der Waals surface area contributed by atoms with Gasteiger partial charge in [0.2, 0.25) is 5.91 Å². The first-order chi connectivity index (χ1) is 30.0. The minimum Gasteiger partial charge on any atom is -0.391 e. The van der Waals surface area contributed by atoms with Gasteiger partial charge in [0.15, 0.2) is 0 Å². The van der Waals surface area contributed by atoms with Gasteiger partial charge >= 0.3 is 7.82 Å². The molecular weight excluding hydrogens is 792 g/mol. The zero-order valence-electron chi connectivity index (χ0n) is 41.4. The molecule has 0 aliphatic heterocycles. The maximum absolute atomic E-state index is 12.9. The Labute approximate surface area is 384 Å². The van der Waals surface area contributed by atoms with Gasteiger partial charge in [-0.2, -0.15) is 0 Å². The molecule has 0 spiro atoms. The fourth-order valence-electron chi connectivity index (χ4n) is 7.51. The highest BCUT2D eigenvalue weighted by Crippen LogP contribution is 2.43. The molecule has 3 N–H and O–H groups in total. The molecule has 0 rings (SSSR count). The summed E-state index contributed by atoms with van der Waals surface area (Å²) in [5, 5.41) is 14.0. The Morgan fingerprint density at radius 1 is 0.565 bits per heavy atom. The Morgan fingerprint density at radius 3 is 1.42 bits per heavy atom. The molecule has 0 saturated heterocycles. The number of phosphoric acid groups is 1. The minimum absolute atomic E-state index is 0.0681. The van der Waals surface area contributed by atoms with Gasteiger partial charge in [-0.3, -0.25) is 13.8 Å². The lowest BCUT2D eigenvalue weighted by atomic mass is 10.0. The van der Waals surface area contributed by atoms with Crippen molar-refractivity contribution in [1.82, 2.24) is 5.32 Å². The van der Waals surface area contributed by atoms with Gasteiger partial charge in [0.1, 0.15) is 13.2 Å². The molecule has 0 aromatic rings. The van der Waals surface area contributed by atoms with Gasteiger partial charge in [0.05, 0.1) is 39.9 Å². The molecule has 8 nitrogen and oxygen atoms in total. The second-order valence-electron chi connectivity index (χ2n) is 18.9. The van der Waals surface area contributed by atoms with Crippen molar-refractivity contribution >= 4 is 13.7 Å². The van der Waals surface area contributed by atoms with Crippen molar-refractivity contribution in [2.45, 2.75) is 244 Å². The summed E-state index contributed by atoms with van der Waals surface area (Å²) in [5.41, 5.74) is 0. The van der Waals surface area contributed by atoms with E-state index in [0.717, 1.165) is 77.0 Å². The molecule has 0 aromatic heterocycles. The lowest BCUT2D eigenvalue weighted by Crippen LogP contribution is -2.46. The number of quaternary nitrogens is 1. The molecule has 0 bridgehead atoms. The first-order valence-corrected chi connectivity index (χ1v) is 27.5. The molecular formula is C53H102N2O6P+. The monoisotopic (exact) mass is 894 g/mol. The van der Waals surface area contributed by atoms with E-state index in [1.54, 1.807) is 0 Å². The van der Waals surface area contributed by atoms with Crippen LogP contribution < -0.4 is 5.32 Å². The molecule has 0 saturated carbocycles. The summed E-state index contributed by atoms with van der Waals surface area (Å²) >= 11 is 0. The zero-order valence-corrected chi connectivity index (χ0v) is 42.3. The van der Waals surface area contributed by atoms with Gasteiger partial charge in [-0.25, -0.2) is 4.57 Å². The molecule has 0 aliphatic rings. The number of aliphatic hydroxyl groups is 1. The van der Waals surface area contributed by atoms with Crippen LogP contribution in [0.15, 0.2) is 48.6 Å². The predicted molar refractivity (Wildman–Crippen MR) is 267 cm³/mol. The summed E-state index contributed by atoms with van der Waals surface area (Å²) < 4.78 is 23.7. The summed E-state index contributed by atoms with van der Waals surface area (Å²) in [6.45, 7) is 4.77. The number of likely N-dealkylation sites (N-methyl/N-ethyl adjacent to an activating group) is 1. The van der Waals surface area contributed by atoms with Gasteiger partial charge < -0.3 is 19.8 Å². The highest BCUT2D eigenvalue weighted by molar-refractivity contribution is 7.47. The van der Waals surface area contributed by atoms with Crippen LogP contribution in [0, 0.1) is 0 Å². The van der Waals surface area contributed by atoms with Crippen molar-refractivity contribution in [3.8, 4) is 0 Å². The second-order valence-corrected chi connectivity index (χ2v) is 20.3. The molecule has 3 atom stereocenters. The molecule has 0 heterocycles. The minimum atomic E-state index is -4.33. The normalized spacial score (nSPS) is 14.5. The summed E-state index contributed by atoms with van der Waals surface area (Å²) in [5.74, 6) is -0.167. The molecule has 62 heavy (non-hydrogen) atoms. The Kier molecular flexibility index (Phi) is 43.5. The predicted octanol–water partition coefficient (Wildman–Crippen LogP) is 15.2. The van der Waals surface area contributed by atoms with E-state index in [0.29, 0.717) is 23.9 Å². The standard InChI is InChI=1S/C53H101N2O6P/c1-6-8-10-12-14-16-18-20-22-24-25-26-27-28-29-31-32-34-36-38-40-42-44-46-52(56)51(50-61-62(58,59)60-49-48-55(3,4)5)54-53(57)47-45-43-41-39-37-35-33-30-23-21-19-17-15-13-11-9-7-2/h9,11,15,17,21,23,33,35,51-52,56H,6-8,10,12-14,16,18-20,22,24-32,34,36-50H2,1-5H3,(H-,54,57,58,59)/p+1/b11-9-,17-15-,23-21-,35-33-. The van der Waals surface area contributed by atoms with Crippen molar-refractivity contribution < 1.29 is 32.9 Å². The Balaban J connectivity index is 4.26. The molecule has 0 radical (unpaired) electrons. The number of unbranched alkanes of at least 4 members (excludes halogenated alkanes) is 26. The number of hydrogen-bond donors (Lipinski definition) is 3. The topological polar surface area (TPSA) is 105 Å². The highest BCUT2D eigenvalue weighted by atomic mass is 31.2. The Hall–Kier alpha value is -1.54. The van der Waals surface area contributed by atoms with Crippen molar-refractivity contribution in [2.75, 3.05) is 40.9 Å². The third kappa shape index (κ3) is 46.5. The third-order valence-corrected chi connectivity index (χ3v) is 12.6. The van der Waals surface area contributed by atoms with Crippen LogP contribution in [-0.4, -0.2) is 73.4 Å². The van der Waals surface area contributed by atoms with E-state index < -0.39 is 20.0 Å². The van der Waals surface area contributed by atoms with E-state index in [1.807, 2.05) is 21.1 Å². The van der Waals surface area contributed by atoms with Crippen LogP contribution in [0.2, 0.25) is 0 Å². The molecule has 9 heteroatoms. The van der Waals surface area contributed by atoms with E-state index in [1.165, 1.54) is 128 Å². The van der Waals surface area contributed by atoms with E-state index in [9.17, 15) is 19.4 Å². The summed E-state index contributed by atoms with van der Waals surface area (Å²) in [6, 6.07) is -0.775. The van der Waals surface area contributed by atoms with Gasteiger partial charge in [0.25, 0.3) is 0 Å². The van der Waals surface area contributed by atoms with Crippen LogP contribution in [0.5, 0.6) is 0 Å². The first-order valence-electron chi connectivity index (χ1n) is 26.0. The number of phosphoric ester groups is 1. The fraction of sp³-hybridized carbons (Fsp3) is 0.830. The molecule has 0 aliphatic carbocycles. The zero-order chi connectivity index (χ0) is 45.7. The summed E-state index contributed by atoms with van der Waals surface area (Å²) in [6.07, 6.45) is 57.3. The van der Waals surface area contributed by atoms with Gasteiger partial charge in [-0.1, -0.05) is 223 Å². The Bertz CT molecular complexity index is 1150.